The Morgan fingerprint density at radius 3 is 2.57 bits per heavy atom. The molecule has 1 amide bonds. The largest absolute Gasteiger partial charge is 0.493 e. The monoisotopic (exact) mass is 404 g/mol. The van der Waals surface area contributed by atoms with E-state index in [0.29, 0.717) is 19.6 Å². The number of hydrogen-bond acceptors (Lipinski definition) is 4. The van der Waals surface area contributed by atoms with Crippen LogP contribution < -0.4 is 14.8 Å². The maximum absolute atomic E-state index is 12.3. The molecule has 5 nitrogen and oxygen atoms in total. The molecule has 0 bridgehead atoms. The van der Waals surface area contributed by atoms with E-state index in [4.69, 9.17) is 9.47 Å². The lowest BCUT2D eigenvalue weighted by Crippen LogP contribution is -2.27. The first kappa shape index (κ1) is 21.4. The van der Waals surface area contributed by atoms with E-state index < -0.39 is 0 Å². The molecule has 0 saturated heterocycles. The average Bonchev–Trinajstić information content (AvgIpc) is 2.75. The highest BCUT2D eigenvalue weighted by molar-refractivity contribution is 5.76. The van der Waals surface area contributed by atoms with Gasteiger partial charge in [-0.2, -0.15) is 0 Å². The van der Waals surface area contributed by atoms with Crippen molar-refractivity contribution in [3.05, 3.63) is 89.2 Å². The van der Waals surface area contributed by atoms with Crippen molar-refractivity contribution in [2.75, 3.05) is 6.61 Å². The van der Waals surface area contributed by atoms with Gasteiger partial charge in [-0.3, -0.25) is 9.78 Å². The van der Waals surface area contributed by atoms with Crippen molar-refractivity contribution in [1.29, 1.82) is 0 Å². The quantitative estimate of drug-likeness (QED) is 0.550. The Morgan fingerprint density at radius 1 is 1.07 bits per heavy atom. The number of rotatable bonds is 9. The zero-order chi connectivity index (χ0) is 21.3. The van der Waals surface area contributed by atoms with E-state index >= 15 is 0 Å². The molecule has 0 aliphatic rings. The van der Waals surface area contributed by atoms with E-state index in [2.05, 4.69) is 16.4 Å². The minimum absolute atomic E-state index is 0.0378. The number of aromatic nitrogens is 1. The molecule has 1 unspecified atom stereocenters. The summed E-state index contributed by atoms with van der Waals surface area (Å²) in [5.41, 5.74) is 4.31. The molecule has 3 aromatic rings. The van der Waals surface area contributed by atoms with Gasteiger partial charge in [-0.15, -0.1) is 0 Å². The number of pyridine rings is 1. The molecular formula is C25H28N2O3. The molecule has 3 rings (SSSR count). The van der Waals surface area contributed by atoms with Crippen LogP contribution in [0.1, 0.15) is 41.6 Å². The van der Waals surface area contributed by atoms with Gasteiger partial charge in [0.05, 0.1) is 19.1 Å². The predicted octanol–water partition coefficient (Wildman–Crippen LogP) is 4.92. The predicted molar refractivity (Wildman–Crippen MR) is 118 cm³/mol. The van der Waals surface area contributed by atoms with E-state index in [0.717, 1.165) is 28.2 Å². The van der Waals surface area contributed by atoms with Crippen molar-refractivity contribution < 1.29 is 14.3 Å². The van der Waals surface area contributed by atoms with Crippen molar-refractivity contribution in [2.24, 2.45) is 0 Å². The smallest absolute Gasteiger partial charge is 0.223 e. The summed E-state index contributed by atoms with van der Waals surface area (Å²) in [5, 5.41) is 3.02. The maximum atomic E-state index is 12.3. The molecule has 0 radical (unpaired) electrons. The fourth-order valence-corrected chi connectivity index (χ4v) is 3.11. The van der Waals surface area contributed by atoms with Crippen LogP contribution in [0.5, 0.6) is 11.5 Å². The van der Waals surface area contributed by atoms with Crippen LogP contribution in [0, 0.1) is 13.8 Å². The standard InChI is InChI=1S/C25H28N2O3/c1-18-6-11-24(19(2)15-18)29-14-12-25(28)27-20(3)22-7-9-23(10-8-22)30-17-21-5-4-13-26-16-21/h4-11,13,15-16,20H,12,14,17H2,1-3H3,(H,27,28). The minimum atomic E-state index is -0.0917. The molecule has 2 aromatic carbocycles. The van der Waals surface area contributed by atoms with Crippen LogP contribution in [0.4, 0.5) is 0 Å². The molecule has 0 fully saturated rings. The summed E-state index contributed by atoms with van der Waals surface area (Å²) in [7, 11) is 0. The molecule has 0 saturated carbocycles. The summed E-state index contributed by atoms with van der Waals surface area (Å²) >= 11 is 0. The van der Waals surface area contributed by atoms with E-state index in [9.17, 15) is 4.79 Å². The SMILES string of the molecule is Cc1ccc(OCCC(=O)NC(C)c2ccc(OCc3cccnc3)cc2)c(C)c1. The van der Waals surface area contributed by atoms with Gasteiger partial charge in [-0.05, 0) is 56.2 Å². The molecule has 1 N–H and O–H groups in total. The van der Waals surface area contributed by atoms with Gasteiger partial charge in [0.25, 0.3) is 0 Å². The average molecular weight is 405 g/mol. The van der Waals surface area contributed by atoms with Crippen molar-refractivity contribution >= 4 is 5.91 Å². The highest BCUT2D eigenvalue weighted by Crippen LogP contribution is 2.20. The van der Waals surface area contributed by atoms with Crippen molar-refractivity contribution in [1.82, 2.24) is 10.3 Å². The summed E-state index contributed by atoms with van der Waals surface area (Å²) in [4.78, 5) is 16.3. The normalized spacial score (nSPS) is 11.6. The van der Waals surface area contributed by atoms with Gasteiger partial charge in [-0.1, -0.05) is 35.9 Å². The Hall–Kier alpha value is -3.34. The van der Waals surface area contributed by atoms with E-state index in [1.54, 1.807) is 12.4 Å². The second kappa shape index (κ2) is 10.4. The topological polar surface area (TPSA) is 60.5 Å². The van der Waals surface area contributed by atoms with Gasteiger partial charge in [0.15, 0.2) is 0 Å². The van der Waals surface area contributed by atoms with Gasteiger partial charge in [0.1, 0.15) is 18.1 Å². The second-order valence-electron chi connectivity index (χ2n) is 7.38. The maximum Gasteiger partial charge on any atom is 0.223 e. The Morgan fingerprint density at radius 2 is 1.87 bits per heavy atom. The summed E-state index contributed by atoms with van der Waals surface area (Å²) < 4.78 is 11.5. The van der Waals surface area contributed by atoms with Crippen molar-refractivity contribution in [3.63, 3.8) is 0 Å². The number of amides is 1. The second-order valence-corrected chi connectivity index (χ2v) is 7.38. The number of carbonyl (C=O) groups excluding carboxylic acids is 1. The van der Waals surface area contributed by atoms with Crippen molar-refractivity contribution in [3.8, 4) is 11.5 Å². The highest BCUT2D eigenvalue weighted by Gasteiger charge is 2.10. The number of nitrogens with one attached hydrogen (secondary N) is 1. The Balaban J connectivity index is 1.43. The molecule has 0 aliphatic heterocycles. The summed E-state index contributed by atoms with van der Waals surface area (Å²) in [6, 6.07) is 17.6. The molecule has 1 atom stereocenters. The molecular weight excluding hydrogens is 376 g/mol. The fraction of sp³-hybridized carbons (Fsp3) is 0.280. The molecule has 1 aromatic heterocycles. The first-order valence-electron chi connectivity index (χ1n) is 10.1. The Labute approximate surface area is 178 Å². The highest BCUT2D eigenvalue weighted by atomic mass is 16.5. The van der Waals surface area contributed by atoms with E-state index in [1.165, 1.54) is 5.56 Å². The van der Waals surface area contributed by atoms with Crippen LogP contribution in [0.25, 0.3) is 0 Å². The van der Waals surface area contributed by atoms with Crippen LogP contribution in [0.15, 0.2) is 67.0 Å². The van der Waals surface area contributed by atoms with E-state index in [-0.39, 0.29) is 11.9 Å². The molecule has 1 heterocycles. The Kier molecular flexibility index (Phi) is 7.44. The molecule has 0 spiro atoms. The third-order valence-corrected chi connectivity index (χ3v) is 4.80. The minimum Gasteiger partial charge on any atom is -0.493 e. The number of aryl methyl sites for hydroxylation is 2. The van der Waals surface area contributed by atoms with E-state index in [1.807, 2.05) is 69.3 Å². The number of benzene rings is 2. The number of nitrogens with zero attached hydrogens (tertiary/aromatic N) is 1. The zero-order valence-electron chi connectivity index (χ0n) is 17.7. The lowest BCUT2D eigenvalue weighted by molar-refractivity contribution is -0.122. The Bertz CT molecular complexity index is 956. The van der Waals surface area contributed by atoms with Crippen LogP contribution >= 0.6 is 0 Å². The lowest BCUT2D eigenvalue weighted by atomic mass is 10.1. The van der Waals surface area contributed by atoms with Gasteiger partial charge in [-0.25, -0.2) is 0 Å². The van der Waals surface area contributed by atoms with Crippen LogP contribution in [0.2, 0.25) is 0 Å². The van der Waals surface area contributed by atoms with Gasteiger partial charge >= 0.3 is 0 Å². The van der Waals surface area contributed by atoms with Crippen molar-refractivity contribution in [2.45, 2.75) is 39.8 Å². The molecule has 156 valence electrons. The summed E-state index contributed by atoms with van der Waals surface area (Å²) in [6.07, 6.45) is 3.84. The van der Waals surface area contributed by atoms with Crippen LogP contribution in [0.3, 0.4) is 0 Å². The summed E-state index contributed by atoms with van der Waals surface area (Å²) in [5.74, 6) is 1.57. The van der Waals surface area contributed by atoms with Crippen LogP contribution in [-0.4, -0.2) is 17.5 Å². The third-order valence-electron chi connectivity index (χ3n) is 4.80. The van der Waals surface area contributed by atoms with Gasteiger partial charge < -0.3 is 14.8 Å². The molecule has 30 heavy (non-hydrogen) atoms. The van der Waals surface area contributed by atoms with Gasteiger partial charge in [0, 0.05) is 18.0 Å². The first-order valence-corrected chi connectivity index (χ1v) is 10.1. The fourth-order valence-electron chi connectivity index (χ4n) is 3.11. The third kappa shape index (κ3) is 6.34. The lowest BCUT2D eigenvalue weighted by Gasteiger charge is -2.16. The number of ether oxygens (including phenoxy) is 2. The van der Waals surface area contributed by atoms with Crippen LogP contribution in [-0.2, 0) is 11.4 Å². The molecule has 0 aliphatic carbocycles. The molecule has 5 heteroatoms. The zero-order valence-corrected chi connectivity index (χ0v) is 17.7. The summed E-state index contributed by atoms with van der Waals surface area (Å²) in [6.45, 7) is 6.84. The first-order chi connectivity index (χ1) is 14.5. The van der Waals surface area contributed by atoms with Gasteiger partial charge in [0.2, 0.25) is 5.91 Å². The number of hydrogen-bond donors (Lipinski definition) is 1. The number of carbonyl (C=O) groups is 1.